The van der Waals surface area contributed by atoms with Crippen LogP contribution >= 0.6 is 0 Å². The Kier molecular flexibility index (Phi) is 5.47. The highest BCUT2D eigenvalue weighted by atomic mass is 32.2. The lowest BCUT2D eigenvalue weighted by Gasteiger charge is -2.11. The van der Waals surface area contributed by atoms with Gasteiger partial charge in [0.05, 0.1) is 10.6 Å². The van der Waals surface area contributed by atoms with E-state index in [1.165, 1.54) is 54.6 Å². The second kappa shape index (κ2) is 7.98. The van der Waals surface area contributed by atoms with E-state index < -0.39 is 15.8 Å². The second-order valence-corrected chi connectivity index (χ2v) is 7.62. The lowest BCUT2D eigenvalue weighted by Crippen LogP contribution is -2.15. The maximum absolute atomic E-state index is 12.6. The molecule has 3 aromatic carbocycles. The summed E-state index contributed by atoms with van der Waals surface area (Å²) in [6, 6.07) is 17.9. The molecule has 0 saturated carbocycles. The zero-order valence-corrected chi connectivity index (χ0v) is 15.4. The highest BCUT2D eigenvalue weighted by Crippen LogP contribution is 2.23. The van der Waals surface area contributed by atoms with Crippen LogP contribution in [-0.4, -0.2) is 24.4 Å². The van der Waals surface area contributed by atoms with Gasteiger partial charge in [-0.05, 0) is 48.0 Å². The number of ketones is 1. The standard InChI is InChI=1S/C21H17NO5S/c23-16-6-3-5-15(13-16)11-12-21(25)19-9-1-2-10-20(19)22-28(26,27)18-8-4-7-17(24)14-18/h1-14,22-24H. The quantitative estimate of drug-likeness (QED) is 0.435. The first-order valence-electron chi connectivity index (χ1n) is 8.27. The third-order valence-electron chi connectivity index (χ3n) is 3.86. The van der Waals surface area contributed by atoms with Crippen LogP contribution in [0.5, 0.6) is 11.5 Å². The maximum atomic E-state index is 12.6. The largest absolute Gasteiger partial charge is 0.508 e. The van der Waals surface area contributed by atoms with E-state index in [0.717, 1.165) is 6.07 Å². The van der Waals surface area contributed by atoms with E-state index in [-0.39, 0.29) is 27.6 Å². The molecule has 0 unspecified atom stereocenters. The molecular weight excluding hydrogens is 378 g/mol. The van der Waals surface area contributed by atoms with Gasteiger partial charge >= 0.3 is 0 Å². The summed E-state index contributed by atoms with van der Waals surface area (Å²) >= 11 is 0. The van der Waals surface area contributed by atoms with Crippen LogP contribution in [0.4, 0.5) is 5.69 Å². The van der Waals surface area contributed by atoms with Crippen LogP contribution in [0.15, 0.2) is 83.8 Å². The number of nitrogens with one attached hydrogen (secondary N) is 1. The molecule has 0 aliphatic rings. The normalized spacial score (nSPS) is 11.4. The van der Waals surface area contributed by atoms with E-state index >= 15 is 0 Å². The summed E-state index contributed by atoms with van der Waals surface area (Å²) < 4.78 is 27.5. The number of sulfonamides is 1. The minimum atomic E-state index is -3.98. The van der Waals surface area contributed by atoms with Crippen molar-refractivity contribution >= 4 is 27.6 Å². The first-order valence-corrected chi connectivity index (χ1v) is 9.76. The van der Waals surface area contributed by atoms with Gasteiger partial charge in [0.25, 0.3) is 10.0 Å². The summed E-state index contributed by atoms with van der Waals surface area (Å²) in [5.41, 5.74) is 0.921. The number of anilines is 1. The van der Waals surface area contributed by atoms with Gasteiger partial charge in [-0.15, -0.1) is 0 Å². The van der Waals surface area contributed by atoms with Crippen LogP contribution in [0.2, 0.25) is 0 Å². The molecule has 0 aliphatic carbocycles. The third-order valence-corrected chi connectivity index (χ3v) is 5.23. The van der Waals surface area contributed by atoms with Crippen LogP contribution < -0.4 is 4.72 Å². The Morgan fingerprint density at radius 2 is 1.54 bits per heavy atom. The van der Waals surface area contributed by atoms with Crippen LogP contribution in [-0.2, 0) is 10.0 Å². The van der Waals surface area contributed by atoms with E-state index in [0.29, 0.717) is 5.56 Å². The van der Waals surface area contributed by atoms with Gasteiger partial charge < -0.3 is 10.2 Å². The molecule has 0 fully saturated rings. The lowest BCUT2D eigenvalue weighted by atomic mass is 10.1. The average Bonchev–Trinajstić information content (AvgIpc) is 2.66. The van der Waals surface area contributed by atoms with Gasteiger partial charge in [-0.25, -0.2) is 8.42 Å². The smallest absolute Gasteiger partial charge is 0.262 e. The Hall–Kier alpha value is -3.58. The van der Waals surface area contributed by atoms with Crippen LogP contribution in [0.25, 0.3) is 6.08 Å². The summed E-state index contributed by atoms with van der Waals surface area (Å²) in [5.74, 6) is -0.507. The maximum Gasteiger partial charge on any atom is 0.262 e. The lowest BCUT2D eigenvalue weighted by molar-refractivity contribution is 0.104. The Morgan fingerprint density at radius 3 is 2.25 bits per heavy atom. The van der Waals surface area contributed by atoms with Gasteiger partial charge in [0.2, 0.25) is 0 Å². The molecule has 0 heterocycles. The first kappa shape index (κ1) is 19.2. The van der Waals surface area contributed by atoms with Crippen LogP contribution in [0, 0.1) is 0 Å². The molecule has 0 spiro atoms. The fourth-order valence-electron chi connectivity index (χ4n) is 2.53. The highest BCUT2D eigenvalue weighted by Gasteiger charge is 2.18. The Balaban J connectivity index is 1.88. The van der Waals surface area contributed by atoms with Crippen molar-refractivity contribution in [2.45, 2.75) is 4.90 Å². The van der Waals surface area contributed by atoms with Crippen molar-refractivity contribution in [1.82, 2.24) is 0 Å². The number of carbonyl (C=O) groups is 1. The van der Waals surface area contributed by atoms with Crippen molar-refractivity contribution < 1.29 is 23.4 Å². The molecule has 28 heavy (non-hydrogen) atoms. The van der Waals surface area contributed by atoms with E-state index in [1.54, 1.807) is 24.3 Å². The minimum absolute atomic E-state index is 0.0777. The average molecular weight is 395 g/mol. The second-order valence-electron chi connectivity index (χ2n) is 5.94. The number of para-hydroxylation sites is 1. The van der Waals surface area contributed by atoms with E-state index in [9.17, 15) is 23.4 Å². The fraction of sp³-hybridized carbons (Fsp3) is 0. The molecule has 0 atom stereocenters. The molecule has 0 aliphatic heterocycles. The predicted octanol–water partition coefficient (Wildman–Crippen LogP) is 3.79. The van der Waals surface area contributed by atoms with Crippen molar-refractivity contribution in [3.63, 3.8) is 0 Å². The van der Waals surface area contributed by atoms with Crippen molar-refractivity contribution in [1.29, 1.82) is 0 Å². The molecule has 0 saturated heterocycles. The fourth-order valence-corrected chi connectivity index (χ4v) is 3.65. The number of phenolic OH excluding ortho intramolecular Hbond substituents is 2. The molecule has 7 heteroatoms. The van der Waals surface area contributed by atoms with E-state index in [1.807, 2.05) is 0 Å². The Labute approximate surface area is 162 Å². The molecule has 0 bridgehead atoms. The number of rotatable bonds is 6. The van der Waals surface area contributed by atoms with Gasteiger partial charge in [-0.2, -0.15) is 0 Å². The number of allylic oxidation sites excluding steroid dienone is 1. The zero-order valence-electron chi connectivity index (χ0n) is 14.6. The molecule has 3 aromatic rings. The highest BCUT2D eigenvalue weighted by molar-refractivity contribution is 7.92. The molecule has 142 valence electrons. The van der Waals surface area contributed by atoms with Crippen LogP contribution in [0.3, 0.4) is 0 Å². The van der Waals surface area contributed by atoms with Crippen molar-refractivity contribution in [3.05, 3.63) is 90.0 Å². The first-order chi connectivity index (χ1) is 13.3. The SMILES string of the molecule is O=C(C=Cc1cccc(O)c1)c1ccccc1NS(=O)(=O)c1cccc(O)c1. The summed E-state index contributed by atoms with van der Waals surface area (Å²) in [4.78, 5) is 12.5. The Bertz CT molecular complexity index is 1150. The molecule has 6 nitrogen and oxygen atoms in total. The summed E-state index contributed by atoms with van der Waals surface area (Å²) in [5, 5.41) is 19.0. The van der Waals surface area contributed by atoms with E-state index in [4.69, 9.17) is 0 Å². The number of hydrogen-bond acceptors (Lipinski definition) is 5. The Morgan fingerprint density at radius 1 is 0.857 bits per heavy atom. The van der Waals surface area contributed by atoms with Crippen molar-refractivity contribution in [2.75, 3.05) is 4.72 Å². The zero-order chi connectivity index (χ0) is 20.1. The van der Waals surface area contributed by atoms with Gasteiger partial charge in [0.1, 0.15) is 11.5 Å². The van der Waals surface area contributed by atoms with Gasteiger partial charge in [0, 0.05) is 11.6 Å². The molecule has 0 aromatic heterocycles. The number of aromatic hydroxyl groups is 2. The van der Waals surface area contributed by atoms with Gasteiger partial charge in [-0.1, -0.05) is 36.4 Å². The molecule has 0 amide bonds. The van der Waals surface area contributed by atoms with Crippen molar-refractivity contribution in [2.24, 2.45) is 0 Å². The molecule has 0 radical (unpaired) electrons. The number of hydrogen-bond donors (Lipinski definition) is 3. The number of phenols is 2. The van der Waals surface area contributed by atoms with Crippen LogP contribution in [0.1, 0.15) is 15.9 Å². The minimum Gasteiger partial charge on any atom is -0.508 e. The third kappa shape index (κ3) is 4.57. The number of benzene rings is 3. The molecular formula is C21H17NO5S. The van der Waals surface area contributed by atoms with Crippen molar-refractivity contribution in [3.8, 4) is 11.5 Å². The summed E-state index contributed by atoms with van der Waals surface area (Å²) in [6.07, 6.45) is 2.83. The number of carbonyl (C=O) groups excluding carboxylic acids is 1. The summed E-state index contributed by atoms with van der Waals surface area (Å²) in [7, 11) is -3.98. The summed E-state index contributed by atoms with van der Waals surface area (Å²) in [6.45, 7) is 0. The predicted molar refractivity (Wildman–Crippen MR) is 107 cm³/mol. The van der Waals surface area contributed by atoms with Gasteiger partial charge in [-0.3, -0.25) is 9.52 Å². The van der Waals surface area contributed by atoms with Gasteiger partial charge in [0.15, 0.2) is 5.78 Å². The topological polar surface area (TPSA) is 104 Å². The van der Waals surface area contributed by atoms with E-state index in [2.05, 4.69) is 4.72 Å². The molecule has 3 N–H and O–H groups in total. The molecule has 3 rings (SSSR count). The monoisotopic (exact) mass is 395 g/mol.